The maximum atomic E-state index is 11.9. The van der Waals surface area contributed by atoms with Gasteiger partial charge in [-0.05, 0) is 88.8 Å². The van der Waals surface area contributed by atoms with Gasteiger partial charge >= 0.3 is 0 Å². The summed E-state index contributed by atoms with van der Waals surface area (Å²) in [5.41, 5.74) is 3.02. The highest BCUT2D eigenvalue weighted by Crippen LogP contribution is 2.41. The number of carbonyl (C=O) groups is 1. The molecule has 5 rings (SSSR count). The Hall–Kier alpha value is -4.13. The highest BCUT2D eigenvalue weighted by atomic mass is 35.5. The van der Waals surface area contributed by atoms with Crippen LogP contribution in [0.3, 0.4) is 0 Å². The first-order valence-corrected chi connectivity index (χ1v) is 14.1. The summed E-state index contributed by atoms with van der Waals surface area (Å²) in [6.45, 7) is 0.451. The quantitative estimate of drug-likeness (QED) is 0.188. The van der Waals surface area contributed by atoms with Gasteiger partial charge in [0.2, 0.25) is 0 Å². The van der Waals surface area contributed by atoms with Crippen molar-refractivity contribution in [3.63, 3.8) is 0 Å². The van der Waals surface area contributed by atoms with Crippen molar-refractivity contribution in [3.8, 4) is 28.4 Å². The number of halogens is 1. The zero-order chi connectivity index (χ0) is 26.7. The molecule has 0 spiro atoms. The number of fused-ring (bicyclic) bond motifs is 1. The number of hydrogen-bond donors (Lipinski definition) is 0. The Kier molecular flexibility index (Phi) is 7.18. The van der Waals surface area contributed by atoms with Crippen molar-refractivity contribution in [1.29, 1.82) is 0 Å². The fourth-order valence-electron chi connectivity index (χ4n) is 4.10. The van der Waals surface area contributed by atoms with Gasteiger partial charge in [0.1, 0.15) is 23.9 Å². The monoisotopic (exact) mass is 542 g/mol. The van der Waals surface area contributed by atoms with Crippen molar-refractivity contribution in [1.82, 2.24) is 0 Å². The number of carbonyl (C=O) groups excluding carboxylic acids is 1. The molecule has 0 fully saturated rings. The largest absolute Gasteiger partial charge is 0.489 e. The summed E-state index contributed by atoms with van der Waals surface area (Å²) in [7, 11) is -3.32. The van der Waals surface area contributed by atoms with Crippen LogP contribution in [-0.4, -0.2) is 19.9 Å². The molecule has 0 atom stereocenters. The highest BCUT2D eigenvalue weighted by molar-refractivity contribution is 7.90. The van der Waals surface area contributed by atoms with Gasteiger partial charge in [-0.25, -0.2) is 8.42 Å². The summed E-state index contributed by atoms with van der Waals surface area (Å²) in [6, 6.07) is 32.9. The smallest absolute Gasteiger partial charge is 0.252 e. The molecule has 0 N–H and O–H groups in total. The second kappa shape index (κ2) is 10.7. The molecule has 0 saturated heterocycles. The standard InChI is InChI=1S/C31H23ClO5S/c1-38(34,35)27-15-9-22(10-16-27)28-17-11-24-19-26(36-20-21-5-3-2-4-6-21)14-18-29(24)30(28)37-25-12-7-23(8-13-25)31(32)33/h2-19H,20H2,1H3. The van der Waals surface area contributed by atoms with Crippen LogP contribution < -0.4 is 9.47 Å². The van der Waals surface area contributed by atoms with E-state index in [1.165, 1.54) is 6.26 Å². The summed E-state index contributed by atoms with van der Waals surface area (Å²) in [6.07, 6.45) is 1.18. The molecular formula is C31H23ClO5S. The molecule has 5 aromatic carbocycles. The minimum atomic E-state index is -3.32. The molecule has 0 radical (unpaired) electrons. The van der Waals surface area contributed by atoms with Crippen LogP contribution in [0.25, 0.3) is 21.9 Å². The van der Waals surface area contributed by atoms with Crippen LogP contribution in [0, 0.1) is 0 Å². The molecule has 0 aliphatic carbocycles. The van der Waals surface area contributed by atoms with Crippen molar-refractivity contribution in [2.75, 3.05) is 6.26 Å². The lowest BCUT2D eigenvalue weighted by Gasteiger charge is -2.16. The Morgan fingerprint density at radius 1 is 0.789 bits per heavy atom. The molecule has 190 valence electrons. The maximum Gasteiger partial charge on any atom is 0.252 e. The van der Waals surface area contributed by atoms with Crippen molar-refractivity contribution < 1.29 is 22.7 Å². The van der Waals surface area contributed by atoms with Crippen LogP contribution in [0.5, 0.6) is 17.2 Å². The highest BCUT2D eigenvalue weighted by Gasteiger charge is 2.15. The molecular weight excluding hydrogens is 520 g/mol. The van der Waals surface area contributed by atoms with Gasteiger partial charge in [-0.2, -0.15) is 0 Å². The third kappa shape index (κ3) is 5.72. The summed E-state index contributed by atoms with van der Waals surface area (Å²) in [5.74, 6) is 1.84. The van der Waals surface area contributed by atoms with Gasteiger partial charge in [0.15, 0.2) is 9.84 Å². The van der Waals surface area contributed by atoms with Crippen molar-refractivity contribution in [3.05, 3.63) is 120 Å². The Balaban J connectivity index is 1.55. The minimum absolute atomic E-state index is 0.242. The van der Waals surface area contributed by atoms with Gasteiger partial charge in [0.05, 0.1) is 4.90 Å². The van der Waals surface area contributed by atoms with E-state index in [4.69, 9.17) is 21.1 Å². The number of ether oxygens (including phenoxy) is 2. The molecule has 0 unspecified atom stereocenters. The first-order valence-electron chi connectivity index (χ1n) is 11.8. The summed E-state index contributed by atoms with van der Waals surface area (Å²) >= 11 is 5.59. The predicted molar refractivity (Wildman–Crippen MR) is 150 cm³/mol. The average molecular weight is 543 g/mol. The van der Waals surface area contributed by atoms with E-state index in [0.717, 1.165) is 33.2 Å². The van der Waals surface area contributed by atoms with Crippen molar-refractivity contribution in [2.45, 2.75) is 11.5 Å². The van der Waals surface area contributed by atoms with E-state index in [1.54, 1.807) is 48.5 Å². The molecule has 5 aromatic rings. The third-order valence-corrected chi connectivity index (χ3v) is 7.43. The van der Waals surface area contributed by atoms with E-state index in [2.05, 4.69) is 0 Å². The molecule has 0 bridgehead atoms. The Bertz CT molecular complexity index is 1710. The van der Waals surface area contributed by atoms with Crippen LogP contribution in [-0.2, 0) is 16.4 Å². The average Bonchev–Trinajstić information content (AvgIpc) is 2.92. The normalized spacial score (nSPS) is 11.3. The van der Waals surface area contributed by atoms with Crippen LogP contribution in [0.2, 0.25) is 0 Å². The van der Waals surface area contributed by atoms with Gasteiger partial charge in [0, 0.05) is 22.8 Å². The topological polar surface area (TPSA) is 69.7 Å². The van der Waals surface area contributed by atoms with E-state index in [-0.39, 0.29) is 4.90 Å². The first-order chi connectivity index (χ1) is 18.3. The predicted octanol–water partition coefficient (Wildman–Crippen LogP) is 7.66. The maximum absolute atomic E-state index is 11.9. The van der Waals surface area contributed by atoms with Gasteiger partial charge in [-0.1, -0.05) is 48.5 Å². The van der Waals surface area contributed by atoms with Gasteiger partial charge in [-0.15, -0.1) is 0 Å². The van der Waals surface area contributed by atoms with Gasteiger partial charge in [0.25, 0.3) is 5.24 Å². The van der Waals surface area contributed by atoms with Crippen LogP contribution >= 0.6 is 11.6 Å². The lowest BCUT2D eigenvalue weighted by atomic mass is 9.99. The molecule has 0 saturated carbocycles. The molecule has 7 heteroatoms. The van der Waals surface area contributed by atoms with Crippen LogP contribution in [0.15, 0.2) is 114 Å². The van der Waals surface area contributed by atoms with Crippen molar-refractivity contribution in [2.24, 2.45) is 0 Å². The number of hydrogen-bond acceptors (Lipinski definition) is 5. The van der Waals surface area contributed by atoms with Crippen LogP contribution in [0.4, 0.5) is 0 Å². The molecule has 38 heavy (non-hydrogen) atoms. The van der Waals surface area contributed by atoms with E-state index in [0.29, 0.717) is 23.7 Å². The fraction of sp³-hybridized carbons (Fsp3) is 0.0645. The molecule has 5 nitrogen and oxygen atoms in total. The van der Waals surface area contributed by atoms with Gasteiger partial charge in [-0.3, -0.25) is 4.79 Å². The second-order valence-electron chi connectivity index (χ2n) is 8.80. The molecule has 0 aliphatic rings. The lowest BCUT2D eigenvalue weighted by molar-refractivity contribution is 0.108. The summed E-state index contributed by atoms with van der Waals surface area (Å²) in [5, 5.41) is 1.21. The zero-order valence-corrected chi connectivity index (χ0v) is 22.0. The van der Waals surface area contributed by atoms with Crippen molar-refractivity contribution >= 4 is 37.5 Å². The van der Waals surface area contributed by atoms with E-state index >= 15 is 0 Å². The Labute approximate surface area is 226 Å². The summed E-state index contributed by atoms with van der Waals surface area (Å²) < 4.78 is 36.3. The molecule has 0 aromatic heterocycles. The van der Waals surface area contributed by atoms with Crippen LogP contribution in [0.1, 0.15) is 15.9 Å². The Morgan fingerprint density at radius 2 is 1.47 bits per heavy atom. The first kappa shape index (κ1) is 25.5. The van der Waals surface area contributed by atoms with E-state index in [1.807, 2.05) is 60.7 Å². The Morgan fingerprint density at radius 3 is 2.13 bits per heavy atom. The van der Waals surface area contributed by atoms with Gasteiger partial charge < -0.3 is 9.47 Å². The molecule has 0 heterocycles. The SMILES string of the molecule is CS(=O)(=O)c1ccc(-c2ccc3cc(OCc4ccccc4)ccc3c2Oc2ccc(C(=O)Cl)cc2)cc1. The lowest BCUT2D eigenvalue weighted by Crippen LogP contribution is -1.97. The molecule has 0 aliphatic heterocycles. The third-order valence-electron chi connectivity index (χ3n) is 6.08. The fourth-order valence-corrected chi connectivity index (χ4v) is 4.86. The number of benzene rings is 5. The number of sulfone groups is 1. The number of rotatable bonds is 8. The molecule has 0 amide bonds. The zero-order valence-electron chi connectivity index (χ0n) is 20.4. The second-order valence-corrected chi connectivity index (χ2v) is 11.2. The summed E-state index contributed by atoms with van der Waals surface area (Å²) in [4.78, 5) is 11.7. The van der Waals surface area contributed by atoms with E-state index in [9.17, 15) is 13.2 Å². The van der Waals surface area contributed by atoms with E-state index < -0.39 is 15.1 Å². The minimum Gasteiger partial charge on any atom is -0.489 e.